The molecule has 0 radical (unpaired) electrons. The standard InChI is InChI=1S/C12H23N3O3/c1-3-4-12(2,13)11(18)15-7-5-14(6-8-15)9-10(16)17/h3-9,13H2,1-2H3,(H,16,17). The lowest BCUT2D eigenvalue weighted by atomic mass is 9.95. The molecule has 1 atom stereocenters. The zero-order chi connectivity index (χ0) is 13.8. The number of rotatable bonds is 5. The van der Waals surface area contributed by atoms with Crippen LogP contribution in [0.5, 0.6) is 0 Å². The van der Waals surface area contributed by atoms with Gasteiger partial charge in [-0.05, 0) is 13.3 Å². The van der Waals surface area contributed by atoms with Crippen molar-refractivity contribution in [2.24, 2.45) is 5.73 Å². The molecule has 0 bridgehead atoms. The predicted molar refractivity (Wildman–Crippen MR) is 68.2 cm³/mol. The predicted octanol–water partition coefficient (Wildman–Crippen LogP) is -0.267. The molecule has 1 saturated heterocycles. The number of aliphatic carboxylic acids is 1. The molecule has 1 aliphatic heterocycles. The molecule has 0 aliphatic carbocycles. The van der Waals surface area contributed by atoms with Gasteiger partial charge in [0.15, 0.2) is 0 Å². The van der Waals surface area contributed by atoms with Crippen molar-refractivity contribution in [3.63, 3.8) is 0 Å². The van der Waals surface area contributed by atoms with E-state index in [0.717, 1.165) is 6.42 Å². The molecule has 1 aliphatic rings. The topological polar surface area (TPSA) is 86.9 Å². The van der Waals surface area contributed by atoms with E-state index in [2.05, 4.69) is 0 Å². The first-order valence-electron chi connectivity index (χ1n) is 6.39. The van der Waals surface area contributed by atoms with Crippen LogP contribution in [-0.4, -0.2) is 65.0 Å². The quantitative estimate of drug-likeness (QED) is 0.708. The molecule has 1 unspecified atom stereocenters. The van der Waals surface area contributed by atoms with Crippen molar-refractivity contribution in [2.45, 2.75) is 32.2 Å². The summed E-state index contributed by atoms with van der Waals surface area (Å²) in [7, 11) is 0. The summed E-state index contributed by atoms with van der Waals surface area (Å²) < 4.78 is 0. The Hall–Kier alpha value is -1.14. The molecule has 3 N–H and O–H groups in total. The number of nitrogens with two attached hydrogens (primary N) is 1. The molecule has 0 aromatic heterocycles. The average Bonchev–Trinajstić information content (AvgIpc) is 2.28. The van der Waals surface area contributed by atoms with Crippen LogP contribution in [0, 0.1) is 0 Å². The highest BCUT2D eigenvalue weighted by atomic mass is 16.4. The normalized spacial score (nSPS) is 20.5. The molecule has 104 valence electrons. The van der Waals surface area contributed by atoms with E-state index < -0.39 is 11.5 Å². The molecule has 0 saturated carbocycles. The third-order valence-electron chi connectivity index (χ3n) is 3.28. The van der Waals surface area contributed by atoms with Crippen molar-refractivity contribution in [1.29, 1.82) is 0 Å². The zero-order valence-electron chi connectivity index (χ0n) is 11.2. The Kier molecular flexibility index (Phi) is 5.10. The monoisotopic (exact) mass is 257 g/mol. The smallest absolute Gasteiger partial charge is 0.317 e. The first-order chi connectivity index (χ1) is 8.36. The fraction of sp³-hybridized carbons (Fsp3) is 0.833. The molecular formula is C12H23N3O3. The Morgan fingerprint density at radius 1 is 1.28 bits per heavy atom. The number of carboxylic acids is 1. The minimum absolute atomic E-state index is 0.0284. The average molecular weight is 257 g/mol. The van der Waals surface area contributed by atoms with Crippen LogP contribution in [0.3, 0.4) is 0 Å². The lowest BCUT2D eigenvalue weighted by molar-refractivity contribution is -0.141. The van der Waals surface area contributed by atoms with Crippen LogP contribution < -0.4 is 5.73 Å². The SMILES string of the molecule is CCCC(C)(N)C(=O)N1CCN(CC(=O)O)CC1. The van der Waals surface area contributed by atoms with Gasteiger partial charge in [-0.3, -0.25) is 14.5 Å². The van der Waals surface area contributed by atoms with Gasteiger partial charge in [-0.25, -0.2) is 0 Å². The second kappa shape index (κ2) is 6.15. The van der Waals surface area contributed by atoms with E-state index in [4.69, 9.17) is 10.8 Å². The molecule has 1 amide bonds. The Morgan fingerprint density at radius 2 is 1.83 bits per heavy atom. The van der Waals surface area contributed by atoms with Crippen LogP contribution in [0.25, 0.3) is 0 Å². The fourth-order valence-corrected chi connectivity index (χ4v) is 2.29. The van der Waals surface area contributed by atoms with Crippen molar-refractivity contribution >= 4 is 11.9 Å². The number of amides is 1. The van der Waals surface area contributed by atoms with Gasteiger partial charge in [-0.2, -0.15) is 0 Å². The summed E-state index contributed by atoms with van der Waals surface area (Å²) >= 11 is 0. The van der Waals surface area contributed by atoms with Crippen molar-refractivity contribution in [2.75, 3.05) is 32.7 Å². The van der Waals surface area contributed by atoms with Crippen molar-refractivity contribution < 1.29 is 14.7 Å². The van der Waals surface area contributed by atoms with Gasteiger partial charge in [0.2, 0.25) is 5.91 Å². The van der Waals surface area contributed by atoms with Gasteiger partial charge in [0, 0.05) is 26.2 Å². The minimum atomic E-state index is -0.829. The highest BCUT2D eigenvalue weighted by Gasteiger charge is 2.33. The van der Waals surface area contributed by atoms with Crippen LogP contribution in [0.1, 0.15) is 26.7 Å². The van der Waals surface area contributed by atoms with Crippen molar-refractivity contribution in [1.82, 2.24) is 9.80 Å². The number of hydrogen-bond acceptors (Lipinski definition) is 4. The highest BCUT2D eigenvalue weighted by Crippen LogP contribution is 2.14. The molecule has 6 heteroatoms. The number of carbonyl (C=O) groups excluding carboxylic acids is 1. The molecular weight excluding hydrogens is 234 g/mol. The minimum Gasteiger partial charge on any atom is -0.480 e. The number of piperazine rings is 1. The summed E-state index contributed by atoms with van der Waals surface area (Å²) in [5, 5.41) is 8.70. The van der Waals surface area contributed by atoms with Crippen LogP contribution >= 0.6 is 0 Å². The molecule has 1 heterocycles. The van der Waals surface area contributed by atoms with E-state index in [1.165, 1.54) is 0 Å². The Morgan fingerprint density at radius 3 is 2.28 bits per heavy atom. The first-order valence-corrected chi connectivity index (χ1v) is 6.39. The van der Waals surface area contributed by atoms with Gasteiger partial charge < -0.3 is 15.7 Å². The third kappa shape index (κ3) is 3.96. The van der Waals surface area contributed by atoms with Crippen LogP contribution in [-0.2, 0) is 9.59 Å². The molecule has 0 aromatic rings. The van der Waals surface area contributed by atoms with E-state index in [-0.39, 0.29) is 12.5 Å². The summed E-state index contributed by atoms with van der Waals surface area (Å²) in [6, 6.07) is 0. The zero-order valence-corrected chi connectivity index (χ0v) is 11.2. The van der Waals surface area contributed by atoms with E-state index in [9.17, 15) is 9.59 Å². The summed E-state index contributed by atoms with van der Waals surface area (Å²) in [6.07, 6.45) is 1.54. The van der Waals surface area contributed by atoms with E-state index in [1.54, 1.807) is 11.8 Å². The van der Waals surface area contributed by atoms with Gasteiger partial charge in [0.25, 0.3) is 0 Å². The molecule has 0 aromatic carbocycles. The van der Waals surface area contributed by atoms with Crippen LogP contribution in [0.15, 0.2) is 0 Å². The number of carbonyl (C=O) groups is 2. The van der Waals surface area contributed by atoms with Gasteiger partial charge in [-0.15, -0.1) is 0 Å². The Labute approximate surface area is 108 Å². The fourth-order valence-electron chi connectivity index (χ4n) is 2.29. The van der Waals surface area contributed by atoms with Crippen molar-refractivity contribution in [3.05, 3.63) is 0 Å². The molecule has 1 rings (SSSR count). The first kappa shape index (κ1) is 14.9. The maximum Gasteiger partial charge on any atom is 0.317 e. The molecule has 6 nitrogen and oxygen atoms in total. The van der Waals surface area contributed by atoms with Gasteiger partial charge in [-0.1, -0.05) is 13.3 Å². The molecule has 0 spiro atoms. The van der Waals surface area contributed by atoms with Crippen LogP contribution in [0.2, 0.25) is 0 Å². The number of carboxylic acid groups (broad SMARTS) is 1. The highest BCUT2D eigenvalue weighted by molar-refractivity contribution is 5.85. The van der Waals surface area contributed by atoms with E-state index >= 15 is 0 Å². The summed E-state index contributed by atoms with van der Waals surface area (Å²) in [4.78, 5) is 26.4. The number of hydrogen-bond donors (Lipinski definition) is 2. The summed E-state index contributed by atoms with van der Waals surface area (Å²) in [5.41, 5.74) is 5.22. The molecule has 18 heavy (non-hydrogen) atoms. The maximum absolute atomic E-state index is 12.2. The lowest BCUT2D eigenvalue weighted by Gasteiger charge is -2.37. The Bertz CT molecular complexity index is 310. The summed E-state index contributed by atoms with van der Waals surface area (Å²) in [5.74, 6) is -0.858. The largest absolute Gasteiger partial charge is 0.480 e. The number of nitrogens with zero attached hydrogens (tertiary/aromatic N) is 2. The van der Waals surface area contributed by atoms with E-state index in [0.29, 0.717) is 32.6 Å². The maximum atomic E-state index is 12.2. The summed E-state index contributed by atoms with van der Waals surface area (Å²) in [6.45, 7) is 6.12. The second-order valence-electron chi connectivity index (χ2n) is 5.13. The van der Waals surface area contributed by atoms with Crippen LogP contribution in [0.4, 0.5) is 0 Å². The second-order valence-corrected chi connectivity index (χ2v) is 5.13. The van der Waals surface area contributed by atoms with Gasteiger partial charge >= 0.3 is 5.97 Å². The van der Waals surface area contributed by atoms with Gasteiger partial charge in [0.1, 0.15) is 0 Å². The van der Waals surface area contributed by atoms with E-state index in [1.807, 2.05) is 11.8 Å². The molecule has 1 fully saturated rings. The van der Waals surface area contributed by atoms with Crippen molar-refractivity contribution in [3.8, 4) is 0 Å². The Balaban J connectivity index is 2.47. The third-order valence-corrected chi connectivity index (χ3v) is 3.28. The lowest BCUT2D eigenvalue weighted by Crippen LogP contribution is -2.58. The van der Waals surface area contributed by atoms with Gasteiger partial charge in [0.05, 0.1) is 12.1 Å².